The van der Waals surface area contributed by atoms with Gasteiger partial charge in [0.05, 0.1) is 19.9 Å². The molecule has 1 aliphatic heterocycles. The predicted molar refractivity (Wildman–Crippen MR) is 68.9 cm³/mol. The predicted octanol–water partition coefficient (Wildman–Crippen LogP) is 2.49. The van der Waals surface area contributed by atoms with Gasteiger partial charge in [-0.25, -0.2) is 4.98 Å². The third kappa shape index (κ3) is 2.03. The number of hydrogen-bond acceptors (Lipinski definition) is 5. The largest absolute Gasteiger partial charge is 0.496 e. The van der Waals surface area contributed by atoms with Crippen LogP contribution in [0.2, 0.25) is 0 Å². The van der Waals surface area contributed by atoms with Crippen LogP contribution in [0.3, 0.4) is 0 Å². The van der Waals surface area contributed by atoms with Crippen LogP contribution in [0, 0.1) is 0 Å². The van der Waals surface area contributed by atoms with E-state index < -0.39 is 0 Å². The molecule has 0 radical (unpaired) electrons. The quantitative estimate of drug-likeness (QED) is 0.847. The van der Waals surface area contributed by atoms with Crippen molar-refractivity contribution in [3.8, 4) is 34.4 Å². The number of pyridine rings is 1. The number of ether oxygens (including phenoxy) is 4. The summed E-state index contributed by atoms with van der Waals surface area (Å²) in [5, 5.41) is 0. The molecule has 0 N–H and O–H groups in total. The van der Waals surface area contributed by atoms with Gasteiger partial charge in [-0.1, -0.05) is 6.07 Å². The third-order valence-electron chi connectivity index (χ3n) is 2.90. The molecule has 1 aromatic carbocycles. The minimum absolute atomic E-state index is 0.230. The highest BCUT2D eigenvalue weighted by molar-refractivity contribution is 5.72. The zero-order chi connectivity index (χ0) is 13.2. The average molecular weight is 259 g/mol. The lowest BCUT2D eigenvalue weighted by atomic mass is 10.1. The van der Waals surface area contributed by atoms with E-state index in [4.69, 9.17) is 18.9 Å². The first kappa shape index (κ1) is 11.6. The second kappa shape index (κ2) is 4.68. The third-order valence-corrected chi connectivity index (χ3v) is 2.90. The number of fused-ring (bicyclic) bond motifs is 1. The molecule has 1 aliphatic rings. The number of rotatable bonds is 3. The van der Waals surface area contributed by atoms with Gasteiger partial charge < -0.3 is 18.9 Å². The molecule has 98 valence electrons. The van der Waals surface area contributed by atoms with Crippen molar-refractivity contribution in [2.45, 2.75) is 0 Å². The fourth-order valence-corrected chi connectivity index (χ4v) is 1.97. The van der Waals surface area contributed by atoms with Crippen molar-refractivity contribution < 1.29 is 18.9 Å². The van der Waals surface area contributed by atoms with Gasteiger partial charge in [-0.2, -0.15) is 0 Å². The first-order chi connectivity index (χ1) is 9.31. The molecule has 0 atom stereocenters. The van der Waals surface area contributed by atoms with Crippen molar-refractivity contribution in [3.63, 3.8) is 0 Å². The Kier molecular flexibility index (Phi) is 2.87. The summed E-state index contributed by atoms with van der Waals surface area (Å²) in [6.45, 7) is 0.230. The highest BCUT2D eigenvalue weighted by atomic mass is 16.7. The molecular formula is C14H13NO4. The minimum atomic E-state index is 0.230. The highest BCUT2D eigenvalue weighted by Crippen LogP contribution is 2.42. The van der Waals surface area contributed by atoms with Crippen molar-refractivity contribution >= 4 is 0 Å². The summed E-state index contributed by atoms with van der Waals surface area (Å²) in [6.07, 6.45) is 0. The number of aromatic nitrogens is 1. The molecule has 0 spiro atoms. The second-order valence-corrected chi connectivity index (χ2v) is 3.97. The summed E-state index contributed by atoms with van der Waals surface area (Å²) in [4.78, 5) is 4.40. The maximum Gasteiger partial charge on any atom is 0.231 e. The van der Waals surface area contributed by atoms with Crippen LogP contribution in [-0.4, -0.2) is 26.0 Å². The van der Waals surface area contributed by atoms with Gasteiger partial charge in [0.25, 0.3) is 0 Å². The van der Waals surface area contributed by atoms with E-state index in [-0.39, 0.29) is 6.79 Å². The van der Waals surface area contributed by atoms with Gasteiger partial charge in [0, 0.05) is 17.7 Å². The maximum absolute atomic E-state index is 5.38. The molecule has 3 rings (SSSR count). The summed E-state index contributed by atoms with van der Waals surface area (Å²) in [5.41, 5.74) is 1.60. The molecule has 0 bridgehead atoms. The van der Waals surface area contributed by atoms with Gasteiger partial charge in [-0.15, -0.1) is 0 Å². The molecule has 1 aromatic heterocycles. The van der Waals surface area contributed by atoms with E-state index in [1.165, 1.54) is 0 Å². The van der Waals surface area contributed by atoms with Gasteiger partial charge in [0.2, 0.25) is 12.7 Å². The van der Waals surface area contributed by atoms with Crippen LogP contribution in [0.5, 0.6) is 23.1 Å². The molecule has 0 amide bonds. The summed E-state index contributed by atoms with van der Waals surface area (Å²) in [7, 11) is 3.20. The summed E-state index contributed by atoms with van der Waals surface area (Å²) in [6, 6.07) is 9.23. The Bertz CT molecular complexity index is 612. The van der Waals surface area contributed by atoms with Crippen LogP contribution < -0.4 is 18.9 Å². The maximum atomic E-state index is 5.38. The molecule has 2 heterocycles. The lowest BCUT2D eigenvalue weighted by Gasteiger charge is -2.10. The zero-order valence-corrected chi connectivity index (χ0v) is 10.7. The Morgan fingerprint density at radius 3 is 2.58 bits per heavy atom. The van der Waals surface area contributed by atoms with Gasteiger partial charge >= 0.3 is 0 Å². The van der Waals surface area contributed by atoms with Crippen molar-refractivity contribution in [3.05, 3.63) is 30.3 Å². The topological polar surface area (TPSA) is 49.8 Å². The van der Waals surface area contributed by atoms with Crippen LogP contribution in [0.4, 0.5) is 0 Å². The summed E-state index contributed by atoms with van der Waals surface area (Å²) >= 11 is 0. The van der Waals surface area contributed by atoms with E-state index >= 15 is 0 Å². The molecule has 0 saturated heterocycles. The first-order valence-corrected chi connectivity index (χ1v) is 5.81. The van der Waals surface area contributed by atoms with Gasteiger partial charge in [0.1, 0.15) is 5.75 Å². The lowest BCUT2D eigenvalue weighted by molar-refractivity contribution is 0.174. The molecule has 0 aliphatic carbocycles. The van der Waals surface area contributed by atoms with Crippen molar-refractivity contribution in [1.29, 1.82) is 0 Å². The van der Waals surface area contributed by atoms with Crippen molar-refractivity contribution in [2.24, 2.45) is 0 Å². The number of nitrogens with zero attached hydrogens (tertiary/aromatic N) is 1. The normalized spacial score (nSPS) is 12.3. The number of hydrogen-bond donors (Lipinski definition) is 0. The Balaban J connectivity index is 2.12. The van der Waals surface area contributed by atoms with Crippen LogP contribution in [0.1, 0.15) is 0 Å². The van der Waals surface area contributed by atoms with E-state index in [1.54, 1.807) is 26.4 Å². The Hall–Kier alpha value is -2.43. The Morgan fingerprint density at radius 1 is 1.05 bits per heavy atom. The van der Waals surface area contributed by atoms with Crippen LogP contribution in [-0.2, 0) is 0 Å². The zero-order valence-electron chi connectivity index (χ0n) is 10.7. The standard InChI is InChI=1S/C14H13NO4/c1-16-11-7-13-12(18-8-19-13)6-9(11)10-4-3-5-14(15-10)17-2/h3-7H,8H2,1-2H3. The minimum Gasteiger partial charge on any atom is -0.496 e. The highest BCUT2D eigenvalue weighted by Gasteiger charge is 2.19. The molecule has 0 fully saturated rings. The first-order valence-electron chi connectivity index (χ1n) is 5.81. The molecule has 2 aromatic rings. The average Bonchev–Trinajstić information content (AvgIpc) is 2.93. The van der Waals surface area contributed by atoms with E-state index in [1.807, 2.05) is 18.2 Å². The van der Waals surface area contributed by atoms with E-state index in [2.05, 4.69) is 4.98 Å². The van der Waals surface area contributed by atoms with Gasteiger partial charge in [0.15, 0.2) is 11.5 Å². The Morgan fingerprint density at radius 2 is 1.84 bits per heavy atom. The van der Waals surface area contributed by atoms with Crippen LogP contribution in [0.15, 0.2) is 30.3 Å². The van der Waals surface area contributed by atoms with Crippen LogP contribution >= 0.6 is 0 Å². The number of methoxy groups -OCH3 is 2. The van der Waals surface area contributed by atoms with Gasteiger partial charge in [-0.3, -0.25) is 0 Å². The summed E-state index contributed by atoms with van der Waals surface area (Å²) in [5.74, 6) is 2.62. The molecule has 19 heavy (non-hydrogen) atoms. The molecule has 0 saturated carbocycles. The van der Waals surface area contributed by atoms with Gasteiger partial charge in [-0.05, 0) is 12.1 Å². The van der Waals surface area contributed by atoms with Crippen LogP contribution in [0.25, 0.3) is 11.3 Å². The smallest absolute Gasteiger partial charge is 0.231 e. The lowest BCUT2D eigenvalue weighted by Crippen LogP contribution is -1.93. The fourth-order valence-electron chi connectivity index (χ4n) is 1.97. The van der Waals surface area contributed by atoms with E-state index in [0.29, 0.717) is 23.1 Å². The number of benzene rings is 1. The Labute approximate surface area is 110 Å². The molecule has 5 heteroatoms. The monoisotopic (exact) mass is 259 g/mol. The molecular weight excluding hydrogens is 246 g/mol. The molecule has 5 nitrogen and oxygen atoms in total. The second-order valence-electron chi connectivity index (χ2n) is 3.97. The summed E-state index contributed by atoms with van der Waals surface area (Å²) < 4.78 is 21.2. The molecule has 0 unspecified atom stereocenters. The van der Waals surface area contributed by atoms with Crippen molar-refractivity contribution in [2.75, 3.05) is 21.0 Å². The van der Waals surface area contributed by atoms with E-state index in [9.17, 15) is 0 Å². The van der Waals surface area contributed by atoms with Crippen molar-refractivity contribution in [1.82, 2.24) is 4.98 Å². The fraction of sp³-hybridized carbons (Fsp3) is 0.214. The SMILES string of the molecule is COc1cccc(-c2cc3c(cc2OC)OCO3)n1. The van der Waals surface area contributed by atoms with E-state index in [0.717, 1.165) is 11.3 Å².